The van der Waals surface area contributed by atoms with Crippen LogP contribution in [-0.4, -0.2) is 23.7 Å². The minimum Gasteiger partial charge on any atom is -0.469 e. The molecule has 1 aromatic rings. The zero-order valence-electron chi connectivity index (χ0n) is 11.1. The lowest BCUT2D eigenvalue weighted by Crippen LogP contribution is -2.24. The second kappa shape index (κ2) is 5.87. The smallest absolute Gasteiger partial charge is 0.305 e. The highest BCUT2D eigenvalue weighted by molar-refractivity contribution is 5.69. The van der Waals surface area contributed by atoms with E-state index in [1.54, 1.807) is 0 Å². The number of hydrogen-bond donors (Lipinski definition) is 1. The Labute approximate surface area is 103 Å². The maximum atomic E-state index is 11.0. The third-order valence-corrected chi connectivity index (χ3v) is 3.31. The van der Waals surface area contributed by atoms with E-state index in [-0.39, 0.29) is 12.0 Å². The van der Waals surface area contributed by atoms with Crippen molar-refractivity contribution < 1.29 is 9.53 Å². The van der Waals surface area contributed by atoms with Gasteiger partial charge >= 0.3 is 5.97 Å². The number of rotatable bonds is 5. The molecule has 0 aliphatic carbocycles. The van der Waals surface area contributed by atoms with E-state index in [2.05, 4.69) is 29.2 Å². The summed E-state index contributed by atoms with van der Waals surface area (Å²) in [5.41, 5.74) is 9.77. The molecule has 1 unspecified atom stereocenters. The third kappa shape index (κ3) is 3.60. The zero-order valence-corrected chi connectivity index (χ0v) is 11.1. The summed E-state index contributed by atoms with van der Waals surface area (Å²) in [4.78, 5) is 11.0. The summed E-state index contributed by atoms with van der Waals surface area (Å²) in [6.07, 6.45) is 1.87. The predicted molar refractivity (Wildman–Crippen MR) is 67.8 cm³/mol. The summed E-state index contributed by atoms with van der Waals surface area (Å²) >= 11 is 0. The van der Waals surface area contributed by atoms with E-state index in [1.807, 2.05) is 7.05 Å². The maximum Gasteiger partial charge on any atom is 0.305 e. The van der Waals surface area contributed by atoms with E-state index < -0.39 is 0 Å². The van der Waals surface area contributed by atoms with Gasteiger partial charge in [-0.05, 0) is 38.3 Å². The molecule has 4 nitrogen and oxygen atoms in total. The van der Waals surface area contributed by atoms with Gasteiger partial charge in [-0.1, -0.05) is 0 Å². The first-order valence-electron chi connectivity index (χ1n) is 5.90. The number of ether oxygens (including phenoxy) is 1. The Kier molecular flexibility index (Phi) is 4.75. The summed E-state index contributed by atoms with van der Waals surface area (Å²) in [6.45, 7) is 4.17. The van der Waals surface area contributed by atoms with Gasteiger partial charge in [0.1, 0.15) is 0 Å². The summed E-state index contributed by atoms with van der Waals surface area (Å²) in [7, 11) is 3.45. The van der Waals surface area contributed by atoms with Crippen molar-refractivity contribution in [2.75, 3.05) is 7.11 Å². The fourth-order valence-corrected chi connectivity index (χ4v) is 1.93. The fraction of sp³-hybridized carbons (Fsp3) is 0.615. The number of aryl methyl sites for hydroxylation is 1. The standard InChI is InChI=1S/C13H22N2O2/c1-9-7-11(10(2)15(9)3)8-12(14)5-6-13(16)17-4/h7,12H,5-6,8,14H2,1-4H3. The van der Waals surface area contributed by atoms with Crippen molar-refractivity contribution in [3.05, 3.63) is 23.0 Å². The quantitative estimate of drug-likeness (QED) is 0.790. The highest BCUT2D eigenvalue weighted by atomic mass is 16.5. The van der Waals surface area contributed by atoms with Crippen LogP contribution in [0.25, 0.3) is 0 Å². The van der Waals surface area contributed by atoms with Crippen LogP contribution in [0.2, 0.25) is 0 Å². The van der Waals surface area contributed by atoms with Gasteiger partial charge in [0.05, 0.1) is 7.11 Å². The van der Waals surface area contributed by atoms with Gasteiger partial charge in [0.25, 0.3) is 0 Å². The molecule has 0 aliphatic heterocycles. The Balaban J connectivity index is 2.53. The number of carbonyl (C=O) groups excluding carboxylic acids is 1. The average Bonchev–Trinajstić information content (AvgIpc) is 2.54. The largest absolute Gasteiger partial charge is 0.469 e. The molecule has 0 saturated carbocycles. The fourth-order valence-electron chi connectivity index (χ4n) is 1.93. The molecule has 0 spiro atoms. The molecule has 0 saturated heterocycles. The van der Waals surface area contributed by atoms with Gasteiger partial charge in [-0.15, -0.1) is 0 Å². The molecule has 1 aromatic heterocycles. The van der Waals surface area contributed by atoms with Gasteiger partial charge in [0.2, 0.25) is 0 Å². The Morgan fingerprint density at radius 2 is 2.18 bits per heavy atom. The lowest BCUT2D eigenvalue weighted by atomic mass is 10.0. The molecule has 17 heavy (non-hydrogen) atoms. The van der Waals surface area contributed by atoms with Gasteiger partial charge in [-0.3, -0.25) is 4.79 Å². The molecule has 96 valence electrons. The van der Waals surface area contributed by atoms with Crippen molar-refractivity contribution in [2.24, 2.45) is 12.8 Å². The SMILES string of the molecule is COC(=O)CCC(N)Cc1cc(C)n(C)c1C. The molecule has 0 aromatic carbocycles. The van der Waals surface area contributed by atoms with Crippen molar-refractivity contribution in [2.45, 2.75) is 39.2 Å². The van der Waals surface area contributed by atoms with E-state index >= 15 is 0 Å². The van der Waals surface area contributed by atoms with Crippen LogP contribution in [0.4, 0.5) is 0 Å². The topological polar surface area (TPSA) is 57.2 Å². The van der Waals surface area contributed by atoms with Crippen LogP contribution in [0.15, 0.2) is 6.07 Å². The summed E-state index contributed by atoms with van der Waals surface area (Å²) in [6, 6.07) is 2.17. The molecule has 0 aliphatic rings. The monoisotopic (exact) mass is 238 g/mol. The molecule has 4 heteroatoms. The first-order chi connectivity index (χ1) is 7.95. The highest BCUT2D eigenvalue weighted by Gasteiger charge is 2.12. The molecule has 2 N–H and O–H groups in total. The van der Waals surface area contributed by atoms with Crippen molar-refractivity contribution >= 4 is 5.97 Å². The number of methoxy groups -OCH3 is 1. The van der Waals surface area contributed by atoms with E-state index in [9.17, 15) is 4.79 Å². The van der Waals surface area contributed by atoms with Gasteiger partial charge in [-0.2, -0.15) is 0 Å². The minimum absolute atomic E-state index is 0.00889. The molecule has 1 atom stereocenters. The Morgan fingerprint density at radius 3 is 2.65 bits per heavy atom. The highest BCUT2D eigenvalue weighted by Crippen LogP contribution is 2.15. The van der Waals surface area contributed by atoms with E-state index in [1.165, 1.54) is 24.1 Å². The van der Waals surface area contributed by atoms with Crippen LogP contribution in [0, 0.1) is 13.8 Å². The Morgan fingerprint density at radius 1 is 1.53 bits per heavy atom. The Hall–Kier alpha value is -1.29. The lowest BCUT2D eigenvalue weighted by molar-refractivity contribution is -0.140. The summed E-state index contributed by atoms with van der Waals surface area (Å²) < 4.78 is 6.75. The van der Waals surface area contributed by atoms with Crippen molar-refractivity contribution in [1.82, 2.24) is 4.57 Å². The average molecular weight is 238 g/mol. The predicted octanol–water partition coefficient (Wildman–Crippen LogP) is 1.46. The van der Waals surface area contributed by atoms with Gasteiger partial charge in [0, 0.05) is 30.9 Å². The van der Waals surface area contributed by atoms with Crippen molar-refractivity contribution in [3.63, 3.8) is 0 Å². The van der Waals surface area contributed by atoms with Crippen molar-refractivity contribution in [1.29, 1.82) is 0 Å². The summed E-state index contributed by atoms with van der Waals surface area (Å²) in [5, 5.41) is 0. The van der Waals surface area contributed by atoms with Crippen LogP contribution in [0.3, 0.4) is 0 Å². The van der Waals surface area contributed by atoms with Crippen LogP contribution in [0.1, 0.15) is 29.8 Å². The van der Waals surface area contributed by atoms with Crippen LogP contribution < -0.4 is 5.73 Å². The maximum absolute atomic E-state index is 11.0. The molecular formula is C13H22N2O2. The van der Waals surface area contributed by atoms with E-state index in [0.29, 0.717) is 12.8 Å². The van der Waals surface area contributed by atoms with Gasteiger partial charge < -0.3 is 15.0 Å². The third-order valence-electron chi connectivity index (χ3n) is 3.31. The van der Waals surface area contributed by atoms with Gasteiger partial charge in [-0.25, -0.2) is 0 Å². The van der Waals surface area contributed by atoms with E-state index in [4.69, 9.17) is 5.73 Å². The molecule has 1 rings (SSSR count). The second-order valence-corrected chi connectivity index (χ2v) is 4.53. The molecule has 0 amide bonds. The van der Waals surface area contributed by atoms with Crippen LogP contribution in [0.5, 0.6) is 0 Å². The molecule has 0 fully saturated rings. The number of aromatic nitrogens is 1. The Bertz CT molecular complexity index is 396. The number of nitrogens with two attached hydrogens (primary N) is 1. The van der Waals surface area contributed by atoms with Crippen molar-refractivity contribution in [3.8, 4) is 0 Å². The molecular weight excluding hydrogens is 216 g/mol. The molecule has 0 bridgehead atoms. The first-order valence-corrected chi connectivity index (χ1v) is 5.90. The second-order valence-electron chi connectivity index (χ2n) is 4.53. The lowest BCUT2D eigenvalue weighted by Gasteiger charge is -2.10. The van der Waals surface area contributed by atoms with Gasteiger partial charge in [0.15, 0.2) is 0 Å². The number of hydrogen-bond acceptors (Lipinski definition) is 3. The number of carbonyl (C=O) groups is 1. The van der Waals surface area contributed by atoms with Crippen LogP contribution >= 0.6 is 0 Å². The normalized spacial score (nSPS) is 12.5. The number of esters is 1. The zero-order chi connectivity index (χ0) is 13.0. The molecule has 1 heterocycles. The van der Waals surface area contributed by atoms with Crippen LogP contribution in [-0.2, 0) is 23.0 Å². The first kappa shape index (κ1) is 13.8. The molecule has 0 radical (unpaired) electrons. The number of nitrogens with zero attached hydrogens (tertiary/aromatic N) is 1. The minimum atomic E-state index is -0.193. The summed E-state index contributed by atoms with van der Waals surface area (Å²) in [5.74, 6) is -0.193. The van der Waals surface area contributed by atoms with E-state index in [0.717, 1.165) is 6.42 Å².